The molecule has 101 valence electrons. The van der Waals surface area contributed by atoms with Gasteiger partial charge >= 0.3 is 0 Å². The fraction of sp³-hybridized carbons (Fsp3) is 0. The molecule has 0 aromatic heterocycles. The summed E-state index contributed by atoms with van der Waals surface area (Å²) in [5.74, 6) is 0. The maximum atomic E-state index is 11.7. The molecule has 0 saturated carbocycles. The average molecular weight is 370 g/mol. The average Bonchev–Trinajstić information content (AvgIpc) is 2.44. The van der Waals surface area contributed by atoms with Gasteiger partial charge in [-0.1, -0.05) is 61.2 Å². The van der Waals surface area contributed by atoms with E-state index >= 15 is 0 Å². The topological polar surface area (TPSA) is 54.4 Å². The molecule has 0 bridgehead atoms. The second kappa shape index (κ2) is 6.40. The summed E-state index contributed by atoms with van der Waals surface area (Å²) in [7, 11) is -4.31. The first-order valence-electron chi connectivity index (χ1n) is 6.07. The van der Waals surface area contributed by atoms with E-state index in [1.165, 1.54) is 6.08 Å². The van der Waals surface area contributed by atoms with E-state index in [2.05, 4.69) is 6.58 Å². The minimum Gasteiger partial charge on any atom is -0.282 e. The molecule has 3 rings (SSSR count). The summed E-state index contributed by atoms with van der Waals surface area (Å²) in [5.41, 5.74) is 0.398. The first kappa shape index (κ1) is 17.0. The molecule has 0 amide bonds. The number of hydrogen-bond donors (Lipinski definition) is 1. The summed E-state index contributed by atoms with van der Waals surface area (Å²) in [6.45, 7) is 3.60. The van der Waals surface area contributed by atoms with Gasteiger partial charge in [-0.05, 0) is 21.7 Å². The molecule has 0 aliphatic carbocycles. The van der Waals surface area contributed by atoms with Crippen molar-refractivity contribution in [2.24, 2.45) is 0 Å². The number of fused-ring (bicyclic) bond motifs is 3. The van der Waals surface area contributed by atoms with Crippen LogP contribution < -0.4 is 0 Å². The molecular formula is C16H12O3RbS. The van der Waals surface area contributed by atoms with Crippen molar-refractivity contribution in [3.63, 3.8) is 0 Å². The Morgan fingerprint density at radius 3 is 2.24 bits per heavy atom. The summed E-state index contributed by atoms with van der Waals surface area (Å²) >= 11 is 0. The van der Waals surface area contributed by atoms with Crippen molar-refractivity contribution in [1.29, 1.82) is 0 Å². The van der Waals surface area contributed by atoms with Crippen molar-refractivity contribution >= 4 is 95.9 Å². The van der Waals surface area contributed by atoms with Gasteiger partial charge < -0.3 is 0 Å². The van der Waals surface area contributed by atoms with E-state index in [4.69, 9.17) is 0 Å². The van der Waals surface area contributed by atoms with Crippen molar-refractivity contribution in [1.82, 2.24) is 0 Å². The minimum atomic E-state index is -4.31. The summed E-state index contributed by atoms with van der Waals surface area (Å²) < 4.78 is 32.8. The van der Waals surface area contributed by atoms with E-state index in [1.54, 1.807) is 12.1 Å². The van der Waals surface area contributed by atoms with Crippen LogP contribution in [0, 0.1) is 0 Å². The second-order valence-corrected chi connectivity index (χ2v) is 5.90. The molecule has 0 aliphatic heterocycles. The van der Waals surface area contributed by atoms with Crippen LogP contribution in [-0.2, 0) is 10.1 Å². The summed E-state index contributed by atoms with van der Waals surface area (Å²) in [4.78, 5) is -0.0873. The molecular weight excluding hydrogens is 358 g/mol. The van der Waals surface area contributed by atoms with Crippen LogP contribution in [0.2, 0.25) is 0 Å². The number of benzene rings is 3. The molecule has 0 spiro atoms. The van der Waals surface area contributed by atoms with Gasteiger partial charge in [0.15, 0.2) is 0 Å². The zero-order valence-corrected chi connectivity index (χ0v) is 17.3. The van der Waals surface area contributed by atoms with Gasteiger partial charge in [0.2, 0.25) is 0 Å². The summed E-state index contributed by atoms with van der Waals surface area (Å²) in [6, 6.07) is 14.8. The third kappa shape index (κ3) is 3.07. The number of hydrogen-bond acceptors (Lipinski definition) is 2. The van der Waals surface area contributed by atoms with Crippen LogP contribution in [0.4, 0.5) is 0 Å². The largest absolute Gasteiger partial charge is 0.295 e. The predicted octanol–water partition coefficient (Wildman–Crippen LogP) is 3.50. The quantitative estimate of drug-likeness (QED) is 0.555. The molecule has 0 saturated heterocycles. The first-order valence-corrected chi connectivity index (χ1v) is 7.51. The van der Waals surface area contributed by atoms with Crippen LogP contribution in [0.1, 0.15) is 5.56 Å². The third-order valence-corrected chi connectivity index (χ3v) is 4.36. The maximum absolute atomic E-state index is 11.7. The normalized spacial score (nSPS) is 11.3. The molecule has 0 unspecified atom stereocenters. The van der Waals surface area contributed by atoms with Gasteiger partial charge in [0.25, 0.3) is 10.1 Å². The molecule has 3 nitrogen and oxygen atoms in total. The number of rotatable bonds is 2. The Bertz CT molecular complexity index is 946. The molecule has 1 N–H and O–H groups in total. The van der Waals surface area contributed by atoms with E-state index in [1.807, 2.05) is 36.4 Å². The van der Waals surface area contributed by atoms with Crippen LogP contribution in [-0.4, -0.2) is 71.2 Å². The Balaban J connectivity index is 0.00000161. The van der Waals surface area contributed by atoms with E-state index in [-0.39, 0.29) is 63.1 Å². The fourth-order valence-corrected chi connectivity index (χ4v) is 3.43. The molecule has 0 aliphatic rings. The SMILES string of the molecule is C=Cc1ccc2c(ccc3ccccc32)c1S(=O)(=O)O.[Rb]. The Morgan fingerprint density at radius 2 is 1.57 bits per heavy atom. The third-order valence-electron chi connectivity index (χ3n) is 3.38. The minimum absolute atomic E-state index is 0. The Kier molecular flexibility index (Phi) is 5.18. The van der Waals surface area contributed by atoms with Crippen molar-refractivity contribution < 1.29 is 13.0 Å². The Morgan fingerprint density at radius 1 is 0.905 bits per heavy atom. The van der Waals surface area contributed by atoms with E-state index in [0.29, 0.717) is 10.9 Å². The standard InChI is InChI=1S/C16H12O3S.Rb/c1-2-11-7-9-14-13-6-4-3-5-12(13)8-10-15(14)16(11)20(17,18)19;/h2-10H,1H2,(H,17,18,19);. The molecule has 0 fully saturated rings. The predicted molar refractivity (Wildman–Crippen MR) is 87.1 cm³/mol. The molecule has 3 aromatic rings. The van der Waals surface area contributed by atoms with E-state index in [0.717, 1.165) is 16.2 Å². The van der Waals surface area contributed by atoms with Gasteiger partial charge in [-0.2, -0.15) is 8.42 Å². The van der Waals surface area contributed by atoms with Crippen LogP contribution in [0.3, 0.4) is 0 Å². The molecule has 3 aromatic carbocycles. The van der Waals surface area contributed by atoms with Crippen LogP contribution >= 0.6 is 0 Å². The molecule has 1 radical (unpaired) electrons. The van der Waals surface area contributed by atoms with Gasteiger partial charge in [-0.15, -0.1) is 0 Å². The molecule has 0 atom stereocenters. The maximum Gasteiger partial charge on any atom is 0.295 e. The van der Waals surface area contributed by atoms with Crippen LogP contribution in [0.5, 0.6) is 0 Å². The fourth-order valence-electron chi connectivity index (χ4n) is 2.53. The molecule has 5 heteroatoms. The van der Waals surface area contributed by atoms with Gasteiger partial charge in [-0.25, -0.2) is 0 Å². The van der Waals surface area contributed by atoms with Crippen molar-refractivity contribution in [3.05, 3.63) is 60.7 Å². The molecule has 21 heavy (non-hydrogen) atoms. The van der Waals surface area contributed by atoms with Crippen molar-refractivity contribution in [2.75, 3.05) is 0 Å². The smallest absolute Gasteiger partial charge is 0.282 e. The van der Waals surface area contributed by atoms with Gasteiger partial charge in [0.05, 0.1) is 0 Å². The van der Waals surface area contributed by atoms with E-state index < -0.39 is 10.1 Å². The monoisotopic (exact) mass is 369 g/mol. The van der Waals surface area contributed by atoms with Crippen LogP contribution in [0.25, 0.3) is 27.6 Å². The second-order valence-electron chi connectivity index (χ2n) is 4.54. The Labute approximate surface area is 172 Å². The van der Waals surface area contributed by atoms with Gasteiger partial charge in [-0.3, -0.25) is 4.55 Å². The summed E-state index contributed by atoms with van der Waals surface area (Å²) in [6.07, 6.45) is 1.43. The zero-order chi connectivity index (χ0) is 14.3. The Hall–Kier alpha value is -0.365. The van der Waals surface area contributed by atoms with Gasteiger partial charge in [0, 0.05) is 63.6 Å². The van der Waals surface area contributed by atoms with E-state index in [9.17, 15) is 13.0 Å². The summed E-state index contributed by atoms with van der Waals surface area (Å²) in [5, 5.41) is 3.27. The van der Waals surface area contributed by atoms with Crippen molar-refractivity contribution in [2.45, 2.75) is 4.90 Å². The first-order chi connectivity index (χ1) is 9.52. The zero-order valence-electron chi connectivity index (χ0n) is 11.6. The van der Waals surface area contributed by atoms with Crippen LogP contribution in [0.15, 0.2) is 60.0 Å². The van der Waals surface area contributed by atoms with Crippen molar-refractivity contribution in [3.8, 4) is 0 Å². The molecule has 0 heterocycles. The van der Waals surface area contributed by atoms with Gasteiger partial charge in [0.1, 0.15) is 4.90 Å².